The molecule has 0 amide bonds. The van der Waals surface area contributed by atoms with Gasteiger partial charge in [0.15, 0.2) is 0 Å². The molecule has 0 spiro atoms. The molecule has 0 aliphatic heterocycles. The smallest absolute Gasteiger partial charge is 0.125 e. The van der Waals surface area contributed by atoms with Gasteiger partial charge in [0.05, 0.1) is 19.8 Å². The Balaban J connectivity index is 2.61. The first-order valence-corrected chi connectivity index (χ1v) is 5.84. The number of nitrogen functional groups attached to an aromatic ring is 1. The lowest BCUT2D eigenvalue weighted by molar-refractivity contribution is 0.0417. The normalized spacial score (nSPS) is 12.7. The van der Waals surface area contributed by atoms with E-state index in [0.29, 0.717) is 25.4 Å². The van der Waals surface area contributed by atoms with Crippen molar-refractivity contribution < 1.29 is 14.6 Å². The van der Waals surface area contributed by atoms with Gasteiger partial charge in [-0.05, 0) is 13.1 Å². The minimum absolute atomic E-state index is 0.337. The zero-order valence-corrected chi connectivity index (χ0v) is 11.2. The molecule has 0 bridgehead atoms. The Morgan fingerprint density at radius 2 is 2.11 bits per heavy atom. The number of ether oxygens (including phenoxy) is 2. The fourth-order valence-electron chi connectivity index (χ4n) is 1.85. The van der Waals surface area contributed by atoms with Crippen LogP contribution in [0.2, 0.25) is 0 Å². The zero-order valence-electron chi connectivity index (χ0n) is 11.2. The monoisotopic (exact) mass is 254 g/mol. The summed E-state index contributed by atoms with van der Waals surface area (Å²) in [5, 5.41) is 9.65. The molecule has 102 valence electrons. The highest BCUT2D eigenvalue weighted by atomic mass is 16.5. The van der Waals surface area contributed by atoms with E-state index < -0.39 is 6.10 Å². The molecule has 0 radical (unpaired) electrons. The summed E-state index contributed by atoms with van der Waals surface area (Å²) < 4.78 is 10.2. The lowest BCUT2D eigenvalue weighted by Gasteiger charge is -2.21. The molecule has 0 fully saturated rings. The lowest BCUT2D eigenvalue weighted by atomic mass is 10.1. The van der Waals surface area contributed by atoms with Crippen LogP contribution in [0, 0.1) is 0 Å². The minimum atomic E-state index is -0.486. The van der Waals surface area contributed by atoms with E-state index in [-0.39, 0.29) is 0 Å². The van der Waals surface area contributed by atoms with Crippen LogP contribution in [0.3, 0.4) is 0 Å². The molecule has 1 aromatic carbocycles. The van der Waals surface area contributed by atoms with Gasteiger partial charge in [0.25, 0.3) is 0 Å². The van der Waals surface area contributed by atoms with Crippen LogP contribution in [0.25, 0.3) is 0 Å². The van der Waals surface area contributed by atoms with Crippen molar-refractivity contribution in [2.75, 3.05) is 40.2 Å². The number of rotatable bonds is 7. The van der Waals surface area contributed by atoms with Crippen LogP contribution in [-0.4, -0.2) is 50.5 Å². The maximum atomic E-state index is 9.65. The van der Waals surface area contributed by atoms with Gasteiger partial charge in [-0.25, -0.2) is 0 Å². The summed E-state index contributed by atoms with van der Waals surface area (Å²) in [5.74, 6) is 0.767. The Bertz CT molecular complexity index is 371. The third kappa shape index (κ3) is 4.52. The lowest BCUT2D eigenvalue weighted by Crippen LogP contribution is -2.31. The summed E-state index contributed by atoms with van der Waals surface area (Å²) in [7, 11) is 5.14. The molecule has 0 aliphatic carbocycles. The van der Waals surface area contributed by atoms with Gasteiger partial charge in [-0.2, -0.15) is 0 Å². The van der Waals surface area contributed by atoms with Gasteiger partial charge in [0, 0.05) is 37.5 Å². The van der Waals surface area contributed by atoms with Crippen LogP contribution < -0.4 is 10.5 Å². The number of nitrogens with two attached hydrogens (primary N) is 1. The topological polar surface area (TPSA) is 68.0 Å². The van der Waals surface area contributed by atoms with Crippen molar-refractivity contribution >= 4 is 5.69 Å². The highest BCUT2D eigenvalue weighted by molar-refractivity contribution is 5.48. The van der Waals surface area contributed by atoms with Crippen molar-refractivity contribution in [3.05, 3.63) is 23.8 Å². The molecule has 5 nitrogen and oxygen atoms in total. The van der Waals surface area contributed by atoms with Gasteiger partial charge in [-0.1, -0.05) is 6.07 Å². The molecule has 0 aliphatic rings. The predicted molar refractivity (Wildman–Crippen MR) is 71.6 cm³/mol. The molecule has 1 atom stereocenters. The summed E-state index contributed by atoms with van der Waals surface area (Å²) in [6.45, 7) is 1.56. The molecule has 1 unspecified atom stereocenters. The van der Waals surface area contributed by atoms with Crippen LogP contribution in [0.15, 0.2) is 18.2 Å². The van der Waals surface area contributed by atoms with Crippen LogP contribution in [0.4, 0.5) is 5.69 Å². The molecule has 5 heteroatoms. The summed E-state index contributed by atoms with van der Waals surface area (Å²) in [4.78, 5) is 2.01. The molecule has 0 saturated heterocycles. The number of benzene rings is 1. The van der Waals surface area contributed by atoms with Crippen LogP contribution >= 0.6 is 0 Å². The van der Waals surface area contributed by atoms with E-state index in [1.807, 2.05) is 24.1 Å². The van der Waals surface area contributed by atoms with E-state index in [2.05, 4.69) is 0 Å². The van der Waals surface area contributed by atoms with E-state index in [4.69, 9.17) is 15.2 Å². The van der Waals surface area contributed by atoms with Gasteiger partial charge < -0.3 is 20.3 Å². The van der Waals surface area contributed by atoms with E-state index in [9.17, 15) is 5.11 Å². The van der Waals surface area contributed by atoms with Crippen molar-refractivity contribution in [1.82, 2.24) is 4.90 Å². The highest BCUT2D eigenvalue weighted by Gasteiger charge is 2.11. The Kier molecular flexibility index (Phi) is 5.91. The summed E-state index contributed by atoms with van der Waals surface area (Å²) in [6.07, 6.45) is -0.486. The van der Waals surface area contributed by atoms with Crippen LogP contribution in [-0.2, 0) is 11.3 Å². The van der Waals surface area contributed by atoms with E-state index in [1.54, 1.807) is 20.3 Å². The number of aliphatic hydroxyl groups is 1. The number of nitrogens with zero attached hydrogens (tertiary/aromatic N) is 1. The van der Waals surface area contributed by atoms with Gasteiger partial charge in [-0.15, -0.1) is 0 Å². The van der Waals surface area contributed by atoms with E-state index in [1.165, 1.54) is 0 Å². The fourth-order valence-corrected chi connectivity index (χ4v) is 1.85. The Morgan fingerprint density at radius 1 is 1.39 bits per heavy atom. The average molecular weight is 254 g/mol. The Labute approximate surface area is 108 Å². The second kappa shape index (κ2) is 7.20. The quantitative estimate of drug-likeness (QED) is 0.702. The van der Waals surface area contributed by atoms with E-state index in [0.717, 1.165) is 11.3 Å². The summed E-state index contributed by atoms with van der Waals surface area (Å²) in [6, 6.07) is 5.58. The maximum absolute atomic E-state index is 9.65. The maximum Gasteiger partial charge on any atom is 0.125 e. The van der Waals surface area contributed by atoms with Gasteiger partial charge in [0.2, 0.25) is 0 Å². The van der Waals surface area contributed by atoms with Crippen LogP contribution in [0.1, 0.15) is 5.56 Å². The molecule has 18 heavy (non-hydrogen) atoms. The molecule has 0 aromatic heterocycles. The third-order valence-electron chi connectivity index (χ3n) is 2.63. The molecular weight excluding hydrogens is 232 g/mol. The first-order valence-electron chi connectivity index (χ1n) is 5.84. The molecule has 3 N–H and O–H groups in total. The van der Waals surface area contributed by atoms with Gasteiger partial charge >= 0.3 is 0 Å². The molecule has 0 saturated carbocycles. The average Bonchev–Trinajstić information content (AvgIpc) is 2.31. The van der Waals surface area contributed by atoms with Crippen molar-refractivity contribution in [3.8, 4) is 5.75 Å². The largest absolute Gasteiger partial charge is 0.496 e. The number of likely N-dealkylation sites (N-methyl/N-ethyl adjacent to an activating group) is 1. The summed E-state index contributed by atoms with van der Waals surface area (Å²) >= 11 is 0. The SMILES string of the molecule is COCC(O)CN(C)Cc1ccc(N)cc1OC. The first-order chi connectivity index (χ1) is 8.56. The van der Waals surface area contributed by atoms with Crippen molar-refractivity contribution in [2.45, 2.75) is 12.6 Å². The number of hydrogen-bond donors (Lipinski definition) is 2. The number of hydrogen-bond acceptors (Lipinski definition) is 5. The highest BCUT2D eigenvalue weighted by Crippen LogP contribution is 2.22. The molecule has 1 aromatic rings. The summed E-state index contributed by atoms with van der Waals surface area (Å²) in [5.41, 5.74) is 7.42. The Hall–Kier alpha value is -1.30. The molecular formula is C13H22N2O3. The Morgan fingerprint density at radius 3 is 2.72 bits per heavy atom. The number of aliphatic hydroxyl groups excluding tert-OH is 1. The first kappa shape index (κ1) is 14.8. The van der Waals surface area contributed by atoms with Gasteiger partial charge in [0.1, 0.15) is 5.75 Å². The van der Waals surface area contributed by atoms with E-state index >= 15 is 0 Å². The molecule has 0 heterocycles. The second-order valence-electron chi connectivity index (χ2n) is 4.38. The van der Waals surface area contributed by atoms with Crippen molar-refractivity contribution in [1.29, 1.82) is 0 Å². The standard InChI is InChI=1S/C13H22N2O3/c1-15(8-12(16)9-17-2)7-10-4-5-11(14)6-13(10)18-3/h4-6,12,16H,7-9,14H2,1-3H3. The van der Waals surface area contributed by atoms with Crippen molar-refractivity contribution in [2.24, 2.45) is 0 Å². The fraction of sp³-hybridized carbons (Fsp3) is 0.538. The minimum Gasteiger partial charge on any atom is -0.496 e. The van der Waals surface area contributed by atoms with Crippen molar-refractivity contribution in [3.63, 3.8) is 0 Å². The number of anilines is 1. The molecule has 1 rings (SSSR count). The second-order valence-corrected chi connectivity index (χ2v) is 4.38. The third-order valence-corrected chi connectivity index (χ3v) is 2.63. The number of methoxy groups -OCH3 is 2. The van der Waals surface area contributed by atoms with Crippen LogP contribution in [0.5, 0.6) is 5.75 Å². The van der Waals surface area contributed by atoms with Gasteiger partial charge in [-0.3, -0.25) is 4.90 Å². The zero-order chi connectivity index (χ0) is 13.5. The predicted octanol–water partition coefficient (Wildman–Crippen LogP) is 0.716.